The van der Waals surface area contributed by atoms with Gasteiger partial charge in [-0.2, -0.15) is 0 Å². The maximum atomic E-state index is 12.2. The minimum absolute atomic E-state index is 0.141. The average Bonchev–Trinajstić information content (AvgIpc) is 3.22. The van der Waals surface area contributed by atoms with Gasteiger partial charge < -0.3 is 10.1 Å². The van der Waals surface area contributed by atoms with Crippen LogP contribution >= 0.6 is 11.3 Å². The zero-order chi connectivity index (χ0) is 23.7. The first-order chi connectivity index (χ1) is 15.8. The number of nitrogens with one attached hydrogen (secondary N) is 2. The molecule has 0 aliphatic heterocycles. The molecule has 0 radical (unpaired) electrons. The highest BCUT2D eigenvalue weighted by Crippen LogP contribution is 2.17. The van der Waals surface area contributed by atoms with Crippen LogP contribution in [0.4, 0.5) is 5.69 Å². The molecule has 7 nitrogen and oxygen atoms in total. The van der Waals surface area contributed by atoms with E-state index in [4.69, 9.17) is 4.74 Å². The van der Waals surface area contributed by atoms with Crippen molar-refractivity contribution in [1.82, 2.24) is 9.71 Å². The van der Waals surface area contributed by atoms with E-state index < -0.39 is 10.0 Å². The van der Waals surface area contributed by atoms with E-state index >= 15 is 0 Å². The Labute approximate surface area is 197 Å². The van der Waals surface area contributed by atoms with Crippen LogP contribution in [-0.4, -0.2) is 25.9 Å². The number of anilines is 1. The molecule has 1 amide bonds. The zero-order valence-corrected chi connectivity index (χ0v) is 19.8. The number of rotatable bonds is 11. The first kappa shape index (κ1) is 24.4. The molecule has 0 aliphatic carbocycles. The summed E-state index contributed by atoms with van der Waals surface area (Å²) in [6.07, 6.45) is 4.62. The number of aryl methyl sites for hydroxylation is 1. The van der Waals surface area contributed by atoms with Crippen molar-refractivity contribution in [3.05, 3.63) is 94.5 Å². The second-order valence-electron chi connectivity index (χ2n) is 7.13. The molecule has 0 bridgehead atoms. The molecule has 3 aromatic rings. The number of hydrogen-bond donors (Lipinski definition) is 2. The minimum Gasteiger partial charge on any atom is -0.487 e. The van der Waals surface area contributed by atoms with E-state index in [1.807, 2.05) is 36.6 Å². The van der Waals surface area contributed by atoms with E-state index in [0.717, 1.165) is 22.0 Å². The predicted molar refractivity (Wildman–Crippen MR) is 133 cm³/mol. The topological polar surface area (TPSA) is 97.4 Å². The molecule has 0 unspecified atom stereocenters. The summed E-state index contributed by atoms with van der Waals surface area (Å²) >= 11 is 1.59. The fourth-order valence-corrected chi connectivity index (χ4v) is 4.51. The van der Waals surface area contributed by atoms with E-state index in [2.05, 4.69) is 21.6 Å². The third-order valence-corrected chi connectivity index (χ3v) is 6.53. The normalized spacial score (nSPS) is 11.4. The van der Waals surface area contributed by atoms with Crippen LogP contribution in [0.3, 0.4) is 0 Å². The van der Waals surface area contributed by atoms with Gasteiger partial charge in [0.25, 0.3) is 0 Å². The second kappa shape index (κ2) is 11.6. The molecular formula is C24H25N3O4S2. The highest BCUT2D eigenvalue weighted by atomic mass is 32.2. The Morgan fingerprint density at radius 2 is 1.88 bits per heavy atom. The van der Waals surface area contributed by atoms with Gasteiger partial charge in [0.15, 0.2) is 0 Å². The lowest BCUT2D eigenvalue weighted by Crippen LogP contribution is -2.25. The lowest BCUT2D eigenvalue weighted by molar-refractivity contribution is -0.111. The molecule has 2 aromatic carbocycles. The summed E-state index contributed by atoms with van der Waals surface area (Å²) in [7, 11) is -3.42. The summed E-state index contributed by atoms with van der Waals surface area (Å²) in [5, 5.41) is 5.74. The Hall–Kier alpha value is -3.27. The van der Waals surface area contributed by atoms with E-state index in [0.29, 0.717) is 17.9 Å². The largest absolute Gasteiger partial charge is 0.487 e. The summed E-state index contributed by atoms with van der Waals surface area (Å²) < 4.78 is 32.0. The molecule has 0 aliphatic rings. The quantitative estimate of drug-likeness (QED) is 0.313. The summed E-state index contributed by atoms with van der Waals surface area (Å²) in [5.74, 6) is 0.296. The number of thiazole rings is 1. The van der Waals surface area contributed by atoms with Gasteiger partial charge in [0.2, 0.25) is 15.9 Å². The molecule has 33 heavy (non-hydrogen) atoms. The maximum absolute atomic E-state index is 12.2. The van der Waals surface area contributed by atoms with Crippen LogP contribution in [-0.2, 0) is 27.2 Å². The van der Waals surface area contributed by atoms with Crippen LogP contribution in [0.25, 0.3) is 6.08 Å². The van der Waals surface area contributed by atoms with Crippen molar-refractivity contribution < 1.29 is 17.9 Å². The van der Waals surface area contributed by atoms with Crippen molar-refractivity contribution in [2.75, 3.05) is 11.9 Å². The third kappa shape index (κ3) is 8.30. The lowest BCUT2D eigenvalue weighted by atomic mass is 10.2. The fourth-order valence-electron chi connectivity index (χ4n) is 2.80. The Kier molecular flexibility index (Phi) is 8.53. The SMILES string of the molecule is C=CCNS(=O)(=O)Cc1ccc(NC(=O)/C=C/c2ccc(OCc3csc(C)n3)cc2)cc1. The Morgan fingerprint density at radius 1 is 1.15 bits per heavy atom. The van der Waals surface area contributed by atoms with E-state index in [1.165, 1.54) is 12.2 Å². The number of hydrogen-bond acceptors (Lipinski definition) is 6. The van der Waals surface area contributed by atoms with Crippen LogP contribution in [0.15, 0.2) is 72.6 Å². The van der Waals surface area contributed by atoms with Crippen molar-refractivity contribution in [2.24, 2.45) is 0 Å². The predicted octanol–water partition coefficient (Wildman–Crippen LogP) is 4.29. The van der Waals surface area contributed by atoms with E-state index in [9.17, 15) is 13.2 Å². The lowest BCUT2D eigenvalue weighted by Gasteiger charge is -2.07. The van der Waals surface area contributed by atoms with Crippen LogP contribution in [0.5, 0.6) is 5.75 Å². The summed E-state index contributed by atoms with van der Waals surface area (Å²) in [5.41, 5.74) is 2.95. The van der Waals surface area contributed by atoms with Gasteiger partial charge in [-0.1, -0.05) is 30.3 Å². The zero-order valence-electron chi connectivity index (χ0n) is 18.2. The number of sulfonamides is 1. The first-order valence-corrected chi connectivity index (χ1v) is 12.7. The smallest absolute Gasteiger partial charge is 0.248 e. The van der Waals surface area contributed by atoms with E-state index in [1.54, 1.807) is 41.7 Å². The van der Waals surface area contributed by atoms with Crippen LogP contribution in [0.1, 0.15) is 21.8 Å². The molecule has 1 heterocycles. The van der Waals surface area contributed by atoms with Gasteiger partial charge >= 0.3 is 0 Å². The molecule has 2 N–H and O–H groups in total. The van der Waals surface area contributed by atoms with Crippen LogP contribution < -0.4 is 14.8 Å². The van der Waals surface area contributed by atoms with Gasteiger partial charge in [0.05, 0.1) is 16.5 Å². The van der Waals surface area contributed by atoms with Gasteiger partial charge in [-0.3, -0.25) is 4.79 Å². The molecule has 9 heteroatoms. The Morgan fingerprint density at radius 3 is 2.52 bits per heavy atom. The molecule has 0 saturated heterocycles. The number of benzene rings is 2. The highest BCUT2D eigenvalue weighted by Gasteiger charge is 2.10. The van der Waals surface area contributed by atoms with Gasteiger partial charge in [-0.25, -0.2) is 18.1 Å². The Balaban J connectivity index is 1.48. The van der Waals surface area contributed by atoms with Crippen molar-refractivity contribution >= 4 is 39.0 Å². The van der Waals surface area contributed by atoms with Crippen molar-refractivity contribution in [3.63, 3.8) is 0 Å². The molecule has 0 atom stereocenters. The standard InChI is InChI=1S/C24H25N3O4S2/c1-3-14-25-33(29,30)17-20-4-9-21(10-5-20)27-24(28)13-8-19-6-11-23(12-7-19)31-15-22-16-32-18(2)26-22/h3-13,16,25H,1,14-15,17H2,2H3,(H,27,28)/b13-8+. The monoisotopic (exact) mass is 483 g/mol. The molecule has 0 saturated carbocycles. The Bertz CT molecular complexity index is 1220. The number of aromatic nitrogens is 1. The molecular weight excluding hydrogens is 458 g/mol. The van der Waals surface area contributed by atoms with Crippen molar-refractivity contribution in [1.29, 1.82) is 0 Å². The molecule has 172 valence electrons. The molecule has 3 rings (SSSR count). The number of nitrogens with zero attached hydrogens (tertiary/aromatic N) is 1. The van der Waals surface area contributed by atoms with Gasteiger partial charge in [0.1, 0.15) is 12.4 Å². The van der Waals surface area contributed by atoms with Crippen molar-refractivity contribution in [3.8, 4) is 5.75 Å². The van der Waals surface area contributed by atoms with E-state index in [-0.39, 0.29) is 18.2 Å². The number of carbonyl (C=O) groups excluding carboxylic acids is 1. The minimum atomic E-state index is -3.42. The average molecular weight is 484 g/mol. The molecule has 0 spiro atoms. The van der Waals surface area contributed by atoms with Crippen LogP contribution in [0, 0.1) is 6.92 Å². The third-order valence-electron chi connectivity index (χ3n) is 4.39. The van der Waals surface area contributed by atoms with Crippen molar-refractivity contribution in [2.45, 2.75) is 19.3 Å². The summed E-state index contributed by atoms with van der Waals surface area (Å²) in [4.78, 5) is 16.6. The van der Waals surface area contributed by atoms with Gasteiger partial charge in [-0.15, -0.1) is 17.9 Å². The summed E-state index contributed by atoms with van der Waals surface area (Å²) in [6.45, 7) is 6.04. The van der Waals surface area contributed by atoms with Gasteiger partial charge in [0, 0.05) is 23.7 Å². The fraction of sp³-hybridized carbons (Fsp3) is 0.167. The molecule has 0 fully saturated rings. The number of amides is 1. The van der Waals surface area contributed by atoms with Crippen LogP contribution in [0.2, 0.25) is 0 Å². The maximum Gasteiger partial charge on any atom is 0.248 e. The number of ether oxygens (including phenoxy) is 1. The highest BCUT2D eigenvalue weighted by molar-refractivity contribution is 7.88. The van der Waals surface area contributed by atoms with Gasteiger partial charge in [-0.05, 0) is 48.4 Å². The molecule has 1 aromatic heterocycles. The summed E-state index contributed by atoms with van der Waals surface area (Å²) in [6, 6.07) is 14.1. The second-order valence-corrected chi connectivity index (χ2v) is 10.0. The first-order valence-electron chi connectivity index (χ1n) is 10.1. The number of carbonyl (C=O) groups is 1.